The second-order valence-corrected chi connectivity index (χ2v) is 7.83. The average Bonchev–Trinajstić information content (AvgIpc) is 2.61. The van der Waals surface area contributed by atoms with E-state index in [1.807, 2.05) is 19.2 Å². The van der Waals surface area contributed by atoms with Gasteiger partial charge in [0.05, 0.1) is 13.1 Å². The molecule has 0 spiro atoms. The minimum atomic E-state index is -0.664. The van der Waals surface area contributed by atoms with Crippen molar-refractivity contribution < 1.29 is 19.7 Å². The molecule has 0 aromatic heterocycles. The maximum absolute atomic E-state index is 12.8. The van der Waals surface area contributed by atoms with Crippen molar-refractivity contribution in [2.75, 3.05) is 19.6 Å². The van der Waals surface area contributed by atoms with Crippen LogP contribution < -0.4 is 21.7 Å². The average molecular weight is 369 g/mol. The van der Waals surface area contributed by atoms with Crippen LogP contribution in [0.3, 0.4) is 0 Å². The number of rotatable bonds is 6. The molecule has 1 aliphatic carbocycles. The highest BCUT2D eigenvalue weighted by Crippen LogP contribution is 2.27. The summed E-state index contributed by atoms with van der Waals surface area (Å²) in [5.41, 5.74) is 5.54. The standard InChI is InChI=1S/C18H33N5O3/c1-12(2)21-18(26)23-9-8-20-11-15(23)17(25)22-14(16(19)24)10-13-6-4-3-5-7-13/h12-15,20H,3-11H2,1-2H3,(H2,19,24)(H,21,26)(H,22,25)/p+1/t14-,15+/m0/s1. The Morgan fingerprint density at radius 1 is 1.15 bits per heavy atom. The van der Waals surface area contributed by atoms with Crippen LogP contribution in [0, 0.1) is 5.92 Å². The molecule has 2 fully saturated rings. The number of quaternary nitrogens is 1. The molecule has 0 radical (unpaired) electrons. The zero-order chi connectivity index (χ0) is 19.1. The van der Waals surface area contributed by atoms with Crippen molar-refractivity contribution in [2.45, 2.75) is 70.5 Å². The normalized spacial score (nSPS) is 22.7. The van der Waals surface area contributed by atoms with Crippen LogP contribution in [0.25, 0.3) is 0 Å². The van der Waals surface area contributed by atoms with Gasteiger partial charge in [-0.1, -0.05) is 32.1 Å². The Morgan fingerprint density at radius 2 is 1.85 bits per heavy atom. The maximum atomic E-state index is 12.8. The van der Waals surface area contributed by atoms with Crippen LogP contribution in [0.2, 0.25) is 0 Å². The third-order valence-electron chi connectivity index (χ3n) is 5.27. The van der Waals surface area contributed by atoms with Crippen LogP contribution in [-0.4, -0.2) is 60.5 Å². The monoisotopic (exact) mass is 368 g/mol. The van der Waals surface area contributed by atoms with Gasteiger partial charge in [0.1, 0.15) is 12.6 Å². The van der Waals surface area contributed by atoms with Gasteiger partial charge in [-0.2, -0.15) is 0 Å². The van der Waals surface area contributed by atoms with Crippen LogP contribution in [0.4, 0.5) is 4.79 Å². The Morgan fingerprint density at radius 3 is 2.46 bits per heavy atom. The van der Waals surface area contributed by atoms with Crippen LogP contribution in [-0.2, 0) is 9.59 Å². The van der Waals surface area contributed by atoms with Crippen LogP contribution in [0.1, 0.15) is 52.4 Å². The van der Waals surface area contributed by atoms with Crippen molar-refractivity contribution in [3.63, 3.8) is 0 Å². The van der Waals surface area contributed by atoms with E-state index in [-0.39, 0.29) is 18.0 Å². The lowest BCUT2D eigenvalue weighted by Crippen LogP contribution is -2.93. The smallest absolute Gasteiger partial charge is 0.318 e. The minimum absolute atomic E-state index is 0.00165. The van der Waals surface area contributed by atoms with Crippen LogP contribution in [0.5, 0.6) is 0 Å². The molecule has 148 valence electrons. The van der Waals surface area contributed by atoms with Gasteiger partial charge in [-0.25, -0.2) is 4.79 Å². The topological polar surface area (TPSA) is 121 Å². The number of hydrogen-bond acceptors (Lipinski definition) is 3. The van der Waals surface area contributed by atoms with Crippen molar-refractivity contribution in [3.05, 3.63) is 0 Å². The first-order valence-corrected chi connectivity index (χ1v) is 9.87. The van der Waals surface area contributed by atoms with Crippen molar-refractivity contribution >= 4 is 17.8 Å². The number of piperazine rings is 1. The molecule has 1 heterocycles. The lowest BCUT2D eigenvalue weighted by Gasteiger charge is -2.34. The van der Waals surface area contributed by atoms with E-state index in [1.165, 1.54) is 19.3 Å². The first kappa shape index (κ1) is 20.5. The van der Waals surface area contributed by atoms with Crippen LogP contribution in [0.15, 0.2) is 0 Å². The molecule has 0 aromatic carbocycles. The third-order valence-corrected chi connectivity index (χ3v) is 5.27. The van der Waals surface area contributed by atoms with Crippen molar-refractivity contribution in [2.24, 2.45) is 11.7 Å². The molecule has 4 amide bonds. The summed E-state index contributed by atoms with van der Waals surface area (Å²) >= 11 is 0. The Hall–Kier alpha value is -1.83. The molecule has 8 nitrogen and oxygen atoms in total. The summed E-state index contributed by atoms with van der Waals surface area (Å²) in [4.78, 5) is 38.6. The van der Waals surface area contributed by atoms with E-state index in [1.54, 1.807) is 4.90 Å². The molecular weight excluding hydrogens is 334 g/mol. The Labute approximate surface area is 155 Å². The summed E-state index contributed by atoms with van der Waals surface area (Å²) in [7, 11) is 0. The quantitative estimate of drug-likeness (QED) is 0.496. The minimum Gasteiger partial charge on any atom is -0.368 e. The number of hydrogen-bond donors (Lipinski definition) is 4. The first-order chi connectivity index (χ1) is 12.4. The summed E-state index contributed by atoms with van der Waals surface area (Å²) in [5, 5.41) is 7.67. The molecule has 6 N–H and O–H groups in total. The molecule has 0 unspecified atom stereocenters. The number of amides is 4. The van der Waals surface area contributed by atoms with Gasteiger partial charge in [-0.15, -0.1) is 0 Å². The van der Waals surface area contributed by atoms with Gasteiger partial charge in [0.15, 0.2) is 6.04 Å². The van der Waals surface area contributed by atoms with E-state index in [0.29, 0.717) is 25.4 Å². The number of carbonyl (C=O) groups is 3. The number of urea groups is 1. The number of nitrogens with zero attached hydrogens (tertiary/aromatic N) is 1. The lowest BCUT2D eigenvalue weighted by atomic mass is 9.84. The van der Waals surface area contributed by atoms with Crippen LogP contribution >= 0.6 is 0 Å². The third kappa shape index (κ3) is 5.86. The van der Waals surface area contributed by atoms with Gasteiger partial charge >= 0.3 is 6.03 Å². The second kappa shape index (κ2) is 9.75. The van der Waals surface area contributed by atoms with E-state index in [2.05, 4.69) is 10.6 Å². The van der Waals surface area contributed by atoms with Gasteiger partial charge < -0.3 is 26.6 Å². The molecule has 1 saturated heterocycles. The summed E-state index contributed by atoms with van der Waals surface area (Å²) in [5.74, 6) is -0.360. The SMILES string of the molecule is CC(C)NC(=O)N1CC[NH2+]C[C@@H]1C(=O)N[C@@H](CC1CCCCC1)C(N)=O. The molecule has 26 heavy (non-hydrogen) atoms. The van der Waals surface area contributed by atoms with E-state index >= 15 is 0 Å². The molecular formula is C18H34N5O3+. The fraction of sp³-hybridized carbons (Fsp3) is 0.833. The summed E-state index contributed by atoms with van der Waals surface area (Å²) in [6.07, 6.45) is 6.34. The number of nitrogens with two attached hydrogens (primary N) is 2. The Kier molecular flexibility index (Phi) is 7.68. The zero-order valence-electron chi connectivity index (χ0n) is 16.0. The summed E-state index contributed by atoms with van der Waals surface area (Å²) in [6, 6.07) is -1.49. The Balaban J connectivity index is 1.98. The Bertz CT molecular complexity index is 505. The number of nitrogens with one attached hydrogen (secondary N) is 2. The van der Waals surface area contributed by atoms with E-state index in [9.17, 15) is 14.4 Å². The maximum Gasteiger partial charge on any atom is 0.318 e. The number of primary amides is 1. The lowest BCUT2D eigenvalue weighted by molar-refractivity contribution is -0.665. The fourth-order valence-corrected chi connectivity index (χ4v) is 3.88. The largest absolute Gasteiger partial charge is 0.368 e. The molecule has 1 aliphatic heterocycles. The molecule has 2 atom stereocenters. The predicted molar refractivity (Wildman–Crippen MR) is 98.1 cm³/mol. The highest BCUT2D eigenvalue weighted by molar-refractivity contribution is 5.91. The van der Waals surface area contributed by atoms with Gasteiger partial charge in [0.2, 0.25) is 11.8 Å². The summed E-state index contributed by atoms with van der Waals surface area (Å²) < 4.78 is 0. The first-order valence-electron chi connectivity index (χ1n) is 9.87. The van der Waals surface area contributed by atoms with Crippen molar-refractivity contribution in [1.82, 2.24) is 15.5 Å². The summed E-state index contributed by atoms with van der Waals surface area (Å²) in [6.45, 7) is 5.52. The molecule has 2 rings (SSSR count). The number of carbonyl (C=O) groups excluding carboxylic acids is 3. The van der Waals surface area contributed by atoms with Gasteiger partial charge in [0.25, 0.3) is 0 Å². The van der Waals surface area contributed by atoms with Gasteiger partial charge in [-0.05, 0) is 26.2 Å². The zero-order valence-corrected chi connectivity index (χ0v) is 16.0. The fourth-order valence-electron chi connectivity index (χ4n) is 3.88. The highest BCUT2D eigenvalue weighted by atomic mass is 16.2. The highest BCUT2D eigenvalue weighted by Gasteiger charge is 2.36. The van der Waals surface area contributed by atoms with Gasteiger partial charge in [0, 0.05) is 6.04 Å². The predicted octanol–water partition coefficient (Wildman–Crippen LogP) is -0.707. The molecule has 2 aliphatic rings. The molecule has 0 bridgehead atoms. The van der Waals surface area contributed by atoms with Gasteiger partial charge in [-0.3, -0.25) is 9.59 Å². The van der Waals surface area contributed by atoms with Crippen molar-refractivity contribution in [1.29, 1.82) is 0 Å². The van der Waals surface area contributed by atoms with E-state index < -0.39 is 18.0 Å². The van der Waals surface area contributed by atoms with E-state index in [0.717, 1.165) is 19.4 Å². The second-order valence-electron chi connectivity index (χ2n) is 7.83. The van der Waals surface area contributed by atoms with E-state index in [4.69, 9.17) is 5.73 Å². The molecule has 0 aromatic rings. The molecule has 8 heteroatoms. The molecule has 1 saturated carbocycles. The van der Waals surface area contributed by atoms with Crippen molar-refractivity contribution in [3.8, 4) is 0 Å².